The monoisotopic (exact) mass is 396 g/mol. The van der Waals surface area contributed by atoms with Gasteiger partial charge in [0.15, 0.2) is 0 Å². The molecule has 0 heterocycles. The summed E-state index contributed by atoms with van der Waals surface area (Å²) >= 11 is 0. The minimum atomic E-state index is -3.42. The number of sulfonamides is 1. The van der Waals surface area contributed by atoms with E-state index in [1.54, 1.807) is 28.6 Å². The van der Waals surface area contributed by atoms with Crippen molar-refractivity contribution in [2.45, 2.75) is 37.9 Å². The van der Waals surface area contributed by atoms with Crippen LogP contribution in [0.5, 0.6) is 0 Å². The largest absolute Gasteiger partial charge is 0.465 e. The molecule has 0 amide bonds. The predicted octanol–water partition coefficient (Wildman–Crippen LogP) is 2.75. The fourth-order valence-electron chi connectivity index (χ4n) is 3.47. The normalized spacial score (nSPS) is 16.0. The number of hydrogen-bond donors (Lipinski definition) is 0. The molecule has 152 valence electrons. The molecule has 6 nitrogen and oxygen atoms in total. The maximum atomic E-state index is 13.1. The van der Waals surface area contributed by atoms with Crippen molar-refractivity contribution < 1.29 is 17.9 Å². The summed E-state index contributed by atoms with van der Waals surface area (Å²) in [5, 5.41) is 0. The van der Waals surface area contributed by atoms with Gasteiger partial charge in [-0.15, -0.1) is 0 Å². The van der Waals surface area contributed by atoms with E-state index in [0.717, 1.165) is 12.8 Å². The first-order valence-electron chi connectivity index (χ1n) is 9.61. The number of ether oxygens (including phenoxy) is 1. The van der Waals surface area contributed by atoms with Gasteiger partial charge in [-0.25, -0.2) is 17.5 Å². The lowest BCUT2D eigenvalue weighted by Crippen LogP contribution is -2.40. The average molecular weight is 397 g/mol. The van der Waals surface area contributed by atoms with E-state index in [1.807, 2.05) is 19.0 Å². The molecule has 0 atom stereocenters. The third-order valence-corrected chi connectivity index (χ3v) is 6.92. The minimum Gasteiger partial charge on any atom is -0.465 e. The number of esters is 1. The second kappa shape index (κ2) is 10.2. The molecule has 0 radical (unpaired) electrons. The zero-order valence-electron chi connectivity index (χ0n) is 16.7. The number of rotatable bonds is 9. The third kappa shape index (κ3) is 6.90. The Kier molecular flexibility index (Phi) is 8.26. The Balaban J connectivity index is 2.09. The maximum Gasteiger partial charge on any atom is 0.337 e. The molecule has 0 N–H and O–H groups in total. The van der Waals surface area contributed by atoms with Crippen LogP contribution in [0.4, 0.5) is 0 Å². The molecule has 1 aliphatic carbocycles. The summed E-state index contributed by atoms with van der Waals surface area (Å²) in [4.78, 5) is 13.5. The number of benzene rings is 1. The van der Waals surface area contributed by atoms with Crippen molar-refractivity contribution in [2.75, 3.05) is 40.8 Å². The molecule has 0 aromatic heterocycles. The zero-order chi connectivity index (χ0) is 19.9. The fourth-order valence-corrected chi connectivity index (χ4v) is 5.06. The Morgan fingerprint density at radius 1 is 1.07 bits per heavy atom. The summed E-state index contributed by atoms with van der Waals surface area (Å²) in [6, 6.07) is 6.60. The molecule has 1 aromatic carbocycles. The Morgan fingerprint density at radius 3 is 2.26 bits per heavy atom. The van der Waals surface area contributed by atoms with Gasteiger partial charge < -0.3 is 9.64 Å². The molecule has 1 saturated carbocycles. The second-order valence-electron chi connectivity index (χ2n) is 7.61. The van der Waals surface area contributed by atoms with E-state index in [9.17, 15) is 13.2 Å². The van der Waals surface area contributed by atoms with E-state index in [2.05, 4.69) is 4.74 Å². The first-order chi connectivity index (χ1) is 12.8. The summed E-state index contributed by atoms with van der Waals surface area (Å²) in [7, 11) is 1.82. The highest BCUT2D eigenvalue weighted by Crippen LogP contribution is 2.26. The molecular weight excluding hydrogens is 364 g/mol. The van der Waals surface area contributed by atoms with Crippen LogP contribution in [0.1, 0.15) is 48.0 Å². The van der Waals surface area contributed by atoms with Crippen LogP contribution in [0.2, 0.25) is 0 Å². The van der Waals surface area contributed by atoms with Gasteiger partial charge >= 0.3 is 5.97 Å². The van der Waals surface area contributed by atoms with Crippen molar-refractivity contribution in [1.29, 1.82) is 0 Å². The quantitative estimate of drug-likeness (QED) is 0.601. The highest BCUT2D eigenvalue weighted by molar-refractivity contribution is 7.88. The SMILES string of the molecule is COC(=O)c1ccc(CS(=O)(=O)N(CCN(C)C)CC2CCCCC2)cc1. The van der Waals surface area contributed by atoms with Crippen LogP contribution >= 0.6 is 0 Å². The van der Waals surface area contributed by atoms with Crippen LogP contribution in [-0.4, -0.2) is 64.4 Å². The molecule has 0 spiro atoms. The Labute approximate surface area is 163 Å². The van der Waals surface area contributed by atoms with E-state index < -0.39 is 16.0 Å². The highest BCUT2D eigenvalue weighted by Gasteiger charge is 2.26. The molecule has 7 heteroatoms. The third-order valence-electron chi connectivity index (χ3n) is 5.10. The first-order valence-corrected chi connectivity index (χ1v) is 11.2. The zero-order valence-corrected chi connectivity index (χ0v) is 17.5. The van der Waals surface area contributed by atoms with Crippen molar-refractivity contribution in [1.82, 2.24) is 9.21 Å². The molecule has 0 saturated heterocycles. The van der Waals surface area contributed by atoms with Gasteiger partial charge in [0.25, 0.3) is 0 Å². The second-order valence-corrected chi connectivity index (χ2v) is 9.58. The van der Waals surface area contributed by atoms with Gasteiger partial charge in [-0.05, 0) is 50.6 Å². The Hall–Kier alpha value is -1.44. The average Bonchev–Trinajstić information content (AvgIpc) is 2.65. The standard InChI is InChI=1S/C20H32N2O4S/c1-21(2)13-14-22(15-17-7-5-4-6-8-17)27(24,25)16-18-9-11-19(12-10-18)20(23)26-3/h9-12,17H,4-8,13-16H2,1-3H3. The lowest BCUT2D eigenvalue weighted by Gasteiger charge is -2.30. The molecule has 1 aliphatic rings. The number of likely N-dealkylation sites (N-methyl/N-ethyl adjacent to an activating group) is 1. The predicted molar refractivity (Wildman–Crippen MR) is 107 cm³/mol. The van der Waals surface area contributed by atoms with Crippen LogP contribution in [0, 0.1) is 5.92 Å². The van der Waals surface area contributed by atoms with E-state index in [0.29, 0.717) is 36.7 Å². The van der Waals surface area contributed by atoms with E-state index >= 15 is 0 Å². The van der Waals surface area contributed by atoms with Crippen LogP contribution in [-0.2, 0) is 20.5 Å². The smallest absolute Gasteiger partial charge is 0.337 e. The van der Waals surface area contributed by atoms with E-state index in [1.165, 1.54) is 26.4 Å². The van der Waals surface area contributed by atoms with Crippen LogP contribution in [0.15, 0.2) is 24.3 Å². The highest BCUT2D eigenvalue weighted by atomic mass is 32.2. The number of methoxy groups -OCH3 is 1. The van der Waals surface area contributed by atoms with Gasteiger partial charge in [0.1, 0.15) is 0 Å². The summed E-state index contributed by atoms with van der Waals surface area (Å²) in [5.74, 6) is -0.0130. The lowest BCUT2D eigenvalue weighted by molar-refractivity contribution is 0.0600. The van der Waals surface area contributed by atoms with Gasteiger partial charge in [-0.1, -0.05) is 31.4 Å². The lowest BCUT2D eigenvalue weighted by atomic mass is 9.89. The van der Waals surface area contributed by atoms with Crippen molar-refractivity contribution in [3.8, 4) is 0 Å². The Bertz CT molecular complexity index is 695. The topological polar surface area (TPSA) is 66.9 Å². The van der Waals surface area contributed by atoms with Gasteiger partial charge in [-0.3, -0.25) is 0 Å². The van der Waals surface area contributed by atoms with Gasteiger partial charge in [0.05, 0.1) is 18.4 Å². The summed E-state index contributed by atoms with van der Waals surface area (Å²) in [5.41, 5.74) is 1.10. The molecule has 0 aliphatic heterocycles. The van der Waals surface area contributed by atoms with E-state index in [4.69, 9.17) is 0 Å². The van der Waals surface area contributed by atoms with Crippen molar-refractivity contribution >= 4 is 16.0 Å². The van der Waals surface area contributed by atoms with E-state index in [-0.39, 0.29) is 5.75 Å². The summed E-state index contributed by atoms with van der Waals surface area (Å²) in [6.07, 6.45) is 5.87. The fraction of sp³-hybridized carbons (Fsp3) is 0.650. The first kappa shape index (κ1) is 21.9. The number of carbonyl (C=O) groups is 1. The molecule has 1 fully saturated rings. The number of carbonyl (C=O) groups excluding carboxylic acids is 1. The Morgan fingerprint density at radius 2 is 1.70 bits per heavy atom. The molecule has 0 bridgehead atoms. The van der Waals surface area contributed by atoms with Crippen LogP contribution in [0.25, 0.3) is 0 Å². The van der Waals surface area contributed by atoms with Crippen molar-refractivity contribution in [3.05, 3.63) is 35.4 Å². The minimum absolute atomic E-state index is 0.0470. The molecule has 2 rings (SSSR count). The van der Waals surface area contributed by atoms with Crippen LogP contribution < -0.4 is 0 Å². The van der Waals surface area contributed by atoms with Gasteiger partial charge in [0.2, 0.25) is 10.0 Å². The maximum absolute atomic E-state index is 13.1. The molecule has 27 heavy (non-hydrogen) atoms. The number of nitrogens with zero attached hydrogens (tertiary/aromatic N) is 2. The molecule has 0 unspecified atom stereocenters. The van der Waals surface area contributed by atoms with Crippen LogP contribution in [0.3, 0.4) is 0 Å². The molecule has 1 aromatic rings. The summed E-state index contributed by atoms with van der Waals surface area (Å²) in [6.45, 7) is 1.82. The van der Waals surface area contributed by atoms with Crippen molar-refractivity contribution in [2.24, 2.45) is 5.92 Å². The van der Waals surface area contributed by atoms with Gasteiger partial charge in [0, 0.05) is 19.6 Å². The summed E-state index contributed by atoms with van der Waals surface area (Å²) < 4.78 is 32.5. The van der Waals surface area contributed by atoms with Crippen molar-refractivity contribution in [3.63, 3.8) is 0 Å². The molecular formula is C20H32N2O4S. The van der Waals surface area contributed by atoms with Gasteiger partial charge in [-0.2, -0.15) is 0 Å². The number of hydrogen-bond acceptors (Lipinski definition) is 5.